The molecule has 6 heteroatoms. The van der Waals surface area contributed by atoms with Crippen molar-refractivity contribution >= 4 is 23.4 Å². The molecule has 0 bridgehead atoms. The minimum Gasteiger partial charge on any atom is -0.353 e. The Morgan fingerprint density at radius 2 is 1.68 bits per heavy atom. The van der Waals surface area contributed by atoms with E-state index >= 15 is 0 Å². The topological polar surface area (TPSA) is 78.5 Å². The van der Waals surface area contributed by atoms with Crippen molar-refractivity contribution in [1.82, 2.24) is 10.2 Å². The number of rotatable bonds is 5. The molecule has 2 rings (SSSR count). The molecule has 1 aromatic rings. The summed E-state index contributed by atoms with van der Waals surface area (Å²) in [6.07, 6.45) is 2.29. The van der Waals surface area contributed by atoms with E-state index in [2.05, 4.69) is 10.6 Å². The molecule has 1 fully saturated rings. The van der Waals surface area contributed by atoms with Gasteiger partial charge in [-0.15, -0.1) is 0 Å². The van der Waals surface area contributed by atoms with E-state index in [1.807, 2.05) is 34.6 Å². The van der Waals surface area contributed by atoms with Crippen molar-refractivity contribution in [2.45, 2.75) is 59.9 Å². The summed E-state index contributed by atoms with van der Waals surface area (Å²) < 4.78 is 0. The van der Waals surface area contributed by atoms with Gasteiger partial charge in [-0.3, -0.25) is 14.4 Å². The van der Waals surface area contributed by atoms with Crippen molar-refractivity contribution in [1.29, 1.82) is 0 Å². The number of benzene rings is 1. The maximum absolute atomic E-state index is 12.7. The number of anilines is 1. The third-order valence-electron chi connectivity index (χ3n) is 5.22. The predicted molar refractivity (Wildman–Crippen MR) is 111 cm³/mol. The molecule has 1 saturated heterocycles. The Balaban J connectivity index is 1.89. The van der Waals surface area contributed by atoms with Gasteiger partial charge in [0.15, 0.2) is 0 Å². The molecule has 1 aromatic carbocycles. The van der Waals surface area contributed by atoms with Crippen LogP contribution in [0.25, 0.3) is 0 Å². The third kappa shape index (κ3) is 5.81. The van der Waals surface area contributed by atoms with Gasteiger partial charge in [-0.1, -0.05) is 27.7 Å². The van der Waals surface area contributed by atoms with Crippen molar-refractivity contribution in [3.63, 3.8) is 0 Å². The first-order valence-corrected chi connectivity index (χ1v) is 10.1. The highest BCUT2D eigenvalue weighted by Gasteiger charge is 2.28. The fourth-order valence-corrected chi connectivity index (χ4v) is 3.00. The molecule has 6 nitrogen and oxygen atoms in total. The van der Waals surface area contributed by atoms with Gasteiger partial charge in [-0.2, -0.15) is 0 Å². The molecule has 0 saturated carbocycles. The lowest BCUT2D eigenvalue weighted by Crippen LogP contribution is -2.44. The summed E-state index contributed by atoms with van der Waals surface area (Å²) in [5.41, 5.74) is 0.799. The highest BCUT2D eigenvalue weighted by molar-refractivity contribution is 5.97. The molecule has 1 aliphatic rings. The largest absolute Gasteiger partial charge is 0.353 e. The molecule has 154 valence electrons. The van der Waals surface area contributed by atoms with E-state index in [9.17, 15) is 14.4 Å². The van der Waals surface area contributed by atoms with Crippen molar-refractivity contribution < 1.29 is 14.4 Å². The van der Waals surface area contributed by atoms with E-state index in [1.54, 1.807) is 29.2 Å². The zero-order valence-corrected chi connectivity index (χ0v) is 17.7. The number of hydrogen-bond donors (Lipinski definition) is 2. The maximum atomic E-state index is 12.7. The van der Waals surface area contributed by atoms with Crippen LogP contribution in [0.2, 0.25) is 0 Å². The number of piperidine rings is 1. The number of carbonyl (C=O) groups is 3. The van der Waals surface area contributed by atoms with Crippen molar-refractivity contribution in [2.75, 3.05) is 18.4 Å². The Kier molecular flexibility index (Phi) is 7.22. The van der Waals surface area contributed by atoms with Gasteiger partial charge in [-0.25, -0.2) is 0 Å². The summed E-state index contributed by atoms with van der Waals surface area (Å²) in [7, 11) is 0. The van der Waals surface area contributed by atoms with Crippen molar-refractivity contribution in [3.8, 4) is 0 Å². The number of hydrogen-bond acceptors (Lipinski definition) is 3. The smallest absolute Gasteiger partial charge is 0.253 e. The second-order valence-corrected chi connectivity index (χ2v) is 8.67. The first-order chi connectivity index (χ1) is 13.1. The number of amides is 3. The van der Waals surface area contributed by atoms with Gasteiger partial charge in [0.1, 0.15) is 0 Å². The summed E-state index contributed by atoms with van der Waals surface area (Å²) in [5, 5.41) is 5.89. The van der Waals surface area contributed by atoms with Crippen LogP contribution >= 0.6 is 0 Å². The summed E-state index contributed by atoms with van der Waals surface area (Å²) in [6.45, 7) is 10.8. The molecule has 0 spiro atoms. The molecule has 2 N–H and O–H groups in total. The fourth-order valence-electron chi connectivity index (χ4n) is 3.00. The van der Waals surface area contributed by atoms with Gasteiger partial charge < -0.3 is 15.5 Å². The third-order valence-corrected chi connectivity index (χ3v) is 5.22. The number of nitrogens with zero attached hydrogens (tertiary/aromatic N) is 1. The maximum Gasteiger partial charge on any atom is 0.253 e. The van der Waals surface area contributed by atoms with E-state index < -0.39 is 5.41 Å². The summed E-state index contributed by atoms with van der Waals surface area (Å²) in [5.74, 6) is -0.0211. The van der Waals surface area contributed by atoms with Crippen molar-refractivity contribution in [2.24, 2.45) is 11.3 Å². The first kappa shape index (κ1) is 21.9. The molecule has 28 heavy (non-hydrogen) atoms. The number of nitrogens with one attached hydrogen (secondary N) is 2. The Morgan fingerprint density at radius 3 is 2.18 bits per heavy atom. The van der Waals surface area contributed by atoms with Gasteiger partial charge in [0.05, 0.1) is 0 Å². The number of carbonyl (C=O) groups excluding carboxylic acids is 3. The van der Waals surface area contributed by atoms with E-state index in [1.165, 1.54) is 0 Å². The Labute approximate surface area is 168 Å². The zero-order chi connectivity index (χ0) is 20.9. The van der Waals surface area contributed by atoms with Crippen LogP contribution < -0.4 is 10.6 Å². The Bertz CT molecular complexity index is 699. The highest BCUT2D eigenvalue weighted by Crippen LogP contribution is 2.21. The summed E-state index contributed by atoms with van der Waals surface area (Å²) in [6, 6.07) is 7.17. The molecular weight excluding hydrogens is 354 g/mol. The van der Waals surface area contributed by atoms with Gasteiger partial charge >= 0.3 is 0 Å². The summed E-state index contributed by atoms with van der Waals surface area (Å²) in [4.78, 5) is 38.8. The van der Waals surface area contributed by atoms with E-state index in [4.69, 9.17) is 0 Å². The molecule has 1 aliphatic heterocycles. The average molecular weight is 388 g/mol. The molecule has 1 heterocycles. The van der Waals surface area contributed by atoms with Gasteiger partial charge in [-0.05, 0) is 50.5 Å². The van der Waals surface area contributed by atoms with Crippen LogP contribution in [-0.4, -0.2) is 41.8 Å². The molecule has 1 unspecified atom stereocenters. The highest BCUT2D eigenvalue weighted by atomic mass is 16.2. The van der Waals surface area contributed by atoms with Crippen LogP contribution in [0.15, 0.2) is 24.3 Å². The van der Waals surface area contributed by atoms with Crippen LogP contribution in [0.3, 0.4) is 0 Å². The molecule has 1 atom stereocenters. The quantitative estimate of drug-likeness (QED) is 0.812. The molecule has 0 aromatic heterocycles. The summed E-state index contributed by atoms with van der Waals surface area (Å²) >= 11 is 0. The SMILES string of the molecule is CCC(C)NC(=O)C1CCN(C(=O)c2ccc(NC(=O)C(C)(C)C)cc2)CC1. The lowest BCUT2D eigenvalue weighted by atomic mass is 9.95. The molecule has 3 amide bonds. The van der Waals surface area contributed by atoms with Gasteiger partial charge in [0.2, 0.25) is 11.8 Å². The van der Waals surface area contributed by atoms with Crippen LogP contribution in [-0.2, 0) is 9.59 Å². The van der Waals surface area contributed by atoms with Gasteiger partial charge in [0, 0.05) is 41.7 Å². The van der Waals surface area contributed by atoms with Crippen LogP contribution in [0.1, 0.15) is 64.2 Å². The minimum atomic E-state index is -0.472. The normalized spacial score (nSPS) is 16.4. The second kappa shape index (κ2) is 9.22. The number of likely N-dealkylation sites (tertiary alicyclic amines) is 1. The van der Waals surface area contributed by atoms with Crippen LogP contribution in [0.4, 0.5) is 5.69 Å². The lowest BCUT2D eigenvalue weighted by molar-refractivity contribution is -0.127. The monoisotopic (exact) mass is 387 g/mol. The zero-order valence-electron chi connectivity index (χ0n) is 17.7. The molecule has 0 aliphatic carbocycles. The van der Waals surface area contributed by atoms with Crippen LogP contribution in [0, 0.1) is 11.3 Å². The molecular formula is C22H33N3O3. The first-order valence-electron chi connectivity index (χ1n) is 10.1. The second-order valence-electron chi connectivity index (χ2n) is 8.67. The predicted octanol–water partition coefficient (Wildman–Crippen LogP) is 3.44. The minimum absolute atomic E-state index is 0.0203. The van der Waals surface area contributed by atoms with Crippen molar-refractivity contribution in [3.05, 3.63) is 29.8 Å². The van der Waals surface area contributed by atoms with Gasteiger partial charge in [0.25, 0.3) is 5.91 Å². The molecule has 0 radical (unpaired) electrons. The van der Waals surface area contributed by atoms with E-state index in [-0.39, 0.29) is 29.7 Å². The standard InChI is InChI=1S/C22H33N3O3/c1-6-15(2)23-19(26)16-11-13-25(14-12-16)20(27)17-7-9-18(10-8-17)24-21(28)22(3,4)5/h7-10,15-16H,6,11-14H2,1-5H3,(H,23,26)(H,24,28). The van der Waals surface area contributed by atoms with E-state index in [0.29, 0.717) is 37.2 Å². The fraction of sp³-hybridized carbons (Fsp3) is 0.591. The lowest BCUT2D eigenvalue weighted by Gasteiger charge is -2.32. The Morgan fingerprint density at radius 1 is 1.11 bits per heavy atom. The average Bonchev–Trinajstić information content (AvgIpc) is 2.67. The van der Waals surface area contributed by atoms with Crippen LogP contribution in [0.5, 0.6) is 0 Å². The van der Waals surface area contributed by atoms with E-state index in [0.717, 1.165) is 6.42 Å². The Hall–Kier alpha value is -2.37.